The summed E-state index contributed by atoms with van der Waals surface area (Å²) >= 11 is 1.47. The first-order valence-corrected chi connectivity index (χ1v) is 7.39. The molecule has 0 aromatic heterocycles. The highest BCUT2D eigenvalue weighted by atomic mass is 32.2. The number of benzene rings is 2. The molecule has 2 rings (SSSR count). The average Bonchev–Trinajstić information content (AvgIpc) is 2.48. The number of carbonyl (C=O) groups is 1. The maximum absolute atomic E-state index is 12.7. The molecule has 0 bridgehead atoms. The molecule has 0 unspecified atom stereocenters. The van der Waals surface area contributed by atoms with E-state index in [9.17, 15) is 9.18 Å². The maximum Gasteiger partial charge on any atom is 0.250 e. The molecule has 0 fully saturated rings. The molecule has 21 heavy (non-hydrogen) atoms. The van der Waals surface area contributed by atoms with E-state index in [4.69, 9.17) is 0 Å². The average molecular weight is 302 g/mol. The van der Waals surface area contributed by atoms with E-state index in [1.165, 1.54) is 30.1 Å². The minimum Gasteiger partial charge on any atom is -0.272 e. The molecule has 0 aliphatic carbocycles. The molecule has 0 aliphatic rings. The molecule has 0 aliphatic heterocycles. The number of hydrogen-bond donors (Lipinski definition) is 1. The molecule has 0 spiro atoms. The third-order valence-corrected chi connectivity index (χ3v) is 3.90. The molecule has 0 atom stereocenters. The first-order chi connectivity index (χ1) is 10.1. The van der Waals surface area contributed by atoms with E-state index in [0.29, 0.717) is 5.75 Å². The van der Waals surface area contributed by atoms with Crippen LogP contribution >= 0.6 is 11.8 Å². The van der Waals surface area contributed by atoms with Gasteiger partial charge in [-0.1, -0.05) is 30.3 Å². The van der Waals surface area contributed by atoms with Crippen molar-refractivity contribution in [2.45, 2.75) is 11.8 Å². The number of amides is 1. The molecular formula is C16H15FN2OS. The highest BCUT2D eigenvalue weighted by molar-refractivity contribution is 8.00. The Morgan fingerprint density at radius 1 is 1.24 bits per heavy atom. The second kappa shape index (κ2) is 7.59. The summed E-state index contributed by atoms with van der Waals surface area (Å²) in [5.74, 6) is -0.182. The molecule has 108 valence electrons. The third-order valence-electron chi connectivity index (χ3n) is 2.73. The summed E-state index contributed by atoms with van der Waals surface area (Å²) in [7, 11) is 0. The number of rotatable bonds is 5. The van der Waals surface area contributed by atoms with Gasteiger partial charge in [-0.15, -0.1) is 11.8 Å². The first kappa shape index (κ1) is 15.3. The van der Waals surface area contributed by atoms with Gasteiger partial charge in [-0.05, 0) is 36.2 Å². The molecule has 0 saturated carbocycles. The van der Waals surface area contributed by atoms with Crippen LogP contribution in [0.2, 0.25) is 0 Å². The number of carbonyl (C=O) groups excluding carboxylic acids is 1. The van der Waals surface area contributed by atoms with Crippen LogP contribution in [-0.2, 0) is 4.79 Å². The SMILES string of the molecule is Cc1ccccc1SCC(=O)NN=Cc1ccc(F)cc1. The van der Waals surface area contributed by atoms with E-state index in [-0.39, 0.29) is 11.7 Å². The summed E-state index contributed by atoms with van der Waals surface area (Å²) in [5, 5.41) is 3.85. The number of thioether (sulfide) groups is 1. The molecule has 1 amide bonds. The lowest BCUT2D eigenvalue weighted by Gasteiger charge is -2.03. The number of aryl methyl sites for hydroxylation is 1. The lowest BCUT2D eigenvalue weighted by molar-refractivity contribution is -0.118. The minimum atomic E-state index is -0.300. The lowest BCUT2D eigenvalue weighted by Crippen LogP contribution is -2.19. The minimum absolute atomic E-state index is 0.179. The van der Waals surface area contributed by atoms with Crippen molar-refractivity contribution in [2.24, 2.45) is 5.10 Å². The standard InChI is InChI=1S/C16H15FN2OS/c1-12-4-2-3-5-15(12)21-11-16(20)19-18-10-13-6-8-14(17)9-7-13/h2-10H,11H2,1H3,(H,19,20). The Balaban J connectivity index is 1.80. The van der Waals surface area contributed by atoms with E-state index in [2.05, 4.69) is 10.5 Å². The van der Waals surface area contributed by atoms with Crippen LogP contribution in [0, 0.1) is 12.7 Å². The quantitative estimate of drug-likeness (QED) is 0.522. The van der Waals surface area contributed by atoms with Crippen LogP contribution in [0.3, 0.4) is 0 Å². The molecule has 2 aromatic rings. The Labute approximate surface area is 127 Å². The zero-order chi connectivity index (χ0) is 15.1. The molecule has 0 radical (unpaired) electrons. The molecule has 1 N–H and O–H groups in total. The number of hydrogen-bond acceptors (Lipinski definition) is 3. The van der Waals surface area contributed by atoms with Gasteiger partial charge in [0.05, 0.1) is 12.0 Å². The van der Waals surface area contributed by atoms with Gasteiger partial charge in [0.2, 0.25) is 5.91 Å². The van der Waals surface area contributed by atoms with Crippen LogP contribution in [0.15, 0.2) is 58.5 Å². The topological polar surface area (TPSA) is 41.5 Å². The van der Waals surface area contributed by atoms with Crippen LogP contribution < -0.4 is 5.43 Å². The number of nitrogens with zero attached hydrogens (tertiary/aromatic N) is 1. The molecule has 5 heteroatoms. The van der Waals surface area contributed by atoms with Crippen molar-refractivity contribution in [3.05, 3.63) is 65.5 Å². The summed E-state index contributed by atoms with van der Waals surface area (Å²) in [5.41, 5.74) is 4.32. The van der Waals surface area contributed by atoms with Gasteiger partial charge >= 0.3 is 0 Å². The molecular weight excluding hydrogens is 287 g/mol. The van der Waals surface area contributed by atoms with Crippen molar-refractivity contribution in [1.82, 2.24) is 5.43 Å². The van der Waals surface area contributed by atoms with Crippen LogP contribution in [0.5, 0.6) is 0 Å². The lowest BCUT2D eigenvalue weighted by atomic mass is 10.2. The van der Waals surface area contributed by atoms with Gasteiger partial charge in [-0.25, -0.2) is 9.82 Å². The fraction of sp³-hybridized carbons (Fsp3) is 0.125. The van der Waals surface area contributed by atoms with Gasteiger partial charge in [-0.2, -0.15) is 5.10 Å². The normalized spacial score (nSPS) is 10.8. The van der Waals surface area contributed by atoms with Gasteiger partial charge < -0.3 is 0 Å². The Hall–Kier alpha value is -2.14. The predicted molar refractivity (Wildman–Crippen MR) is 84.0 cm³/mol. The van der Waals surface area contributed by atoms with E-state index >= 15 is 0 Å². The van der Waals surface area contributed by atoms with Crippen molar-refractivity contribution in [3.8, 4) is 0 Å². The Bertz CT molecular complexity index is 641. The molecule has 3 nitrogen and oxygen atoms in total. The Kier molecular flexibility index (Phi) is 5.51. The second-order valence-corrected chi connectivity index (χ2v) is 5.42. The summed E-state index contributed by atoms with van der Waals surface area (Å²) < 4.78 is 12.7. The molecule has 0 heterocycles. The largest absolute Gasteiger partial charge is 0.272 e. The van der Waals surface area contributed by atoms with Crippen LogP contribution in [0.4, 0.5) is 4.39 Å². The number of hydrazone groups is 1. The Morgan fingerprint density at radius 2 is 1.95 bits per heavy atom. The third kappa shape index (κ3) is 5.04. The fourth-order valence-corrected chi connectivity index (χ4v) is 2.44. The van der Waals surface area contributed by atoms with Crippen LogP contribution in [0.1, 0.15) is 11.1 Å². The van der Waals surface area contributed by atoms with Crippen LogP contribution in [0.25, 0.3) is 0 Å². The van der Waals surface area contributed by atoms with E-state index in [1.807, 2.05) is 31.2 Å². The smallest absolute Gasteiger partial charge is 0.250 e. The molecule has 0 saturated heterocycles. The van der Waals surface area contributed by atoms with Gasteiger partial charge in [0.25, 0.3) is 0 Å². The zero-order valence-corrected chi connectivity index (χ0v) is 12.4. The highest BCUT2D eigenvalue weighted by Crippen LogP contribution is 2.21. The van der Waals surface area contributed by atoms with Gasteiger partial charge in [0.1, 0.15) is 5.82 Å². The fourth-order valence-electron chi connectivity index (χ4n) is 1.62. The van der Waals surface area contributed by atoms with Crippen molar-refractivity contribution < 1.29 is 9.18 Å². The van der Waals surface area contributed by atoms with Crippen molar-refractivity contribution in [1.29, 1.82) is 0 Å². The number of halogens is 1. The van der Waals surface area contributed by atoms with Crippen molar-refractivity contribution >= 4 is 23.9 Å². The van der Waals surface area contributed by atoms with Gasteiger partial charge in [0, 0.05) is 4.90 Å². The first-order valence-electron chi connectivity index (χ1n) is 6.41. The summed E-state index contributed by atoms with van der Waals surface area (Å²) in [6.45, 7) is 2.01. The van der Waals surface area contributed by atoms with E-state index in [0.717, 1.165) is 16.0 Å². The monoisotopic (exact) mass is 302 g/mol. The van der Waals surface area contributed by atoms with Gasteiger partial charge in [0.15, 0.2) is 0 Å². The molecule has 2 aromatic carbocycles. The second-order valence-electron chi connectivity index (χ2n) is 4.40. The van der Waals surface area contributed by atoms with E-state index < -0.39 is 0 Å². The summed E-state index contributed by atoms with van der Waals surface area (Å²) in [6, 6.07) is 13.8. The van der Waals surface area contributed by atoms with Crippen molar-refractivity contribution in [2.75, 3.05) is 5.75 Å². The summed E-state index contributed by atoms with van der Waals surface area (Å²) in [4.78, 5) is 12.7. The Morgan fingerprint density at radius 3 is 2.67 bits per heavy atom. The van der Waals surface area contributed by atoms with Crippen LogP contribution in [-0.4, -0.2) is 17.9 Å². The van der Waals surface area contributed by atoms with E-state index in [1.54, 1.807) is 12.1 Å². The predicted octanol–water partition coefficient (Wildman–Crippen LogP) is 3.38. The maximum atomic E-state index is 12.7. The zero-order valence-electron chi connectivity index (χ0n) is 11.5. The van der Waals surface area contributed by atoms with Crippen molar-refractivity contribution in [3.63, 3.8) is 0 Å². The number of nitrogens with one attached hydrogen (secondary N) is 1. The van der Waals surface area contributed by atoms with Gasteiger partial charge in [-0.3, -0.25) is 4.79 Å². The summed E-state index contributed by atoms with van der Waals surface area (Å²) in [6.07, 6.45) is 1.48. The highest BCUT2D eigenvalue weighted by Gasteiger charge is 2.03.